The molecule has 2 amide bonds. The summed E-state index contributed by atoms with van der Waals surface area (Å²) in [6.45, 7) is 6.74. The minimum absolute atomic E-state index is 0.0539. The highest BCUT2D eigenvalue weighted by Crippen LogP contribution is 2.34. The number of carbonyl (C=O) groups excluding carboxylic acids is 2. The summed E-state index contributed by atoms with van der Waals surface area (Å²) in [5.41, 5.74) is 0.501. The van der Waals surface area contributed by atoms with Crippen LogP contribution in [0.25, 0.3) is 10.9 Å². The number of unbranched alkanes of at least 4 members (excludes halogenated alkanes) is 5. The SMILES string of the molecule is Cc1ccc(S(=O)(=O)OCCCCCCCCC(=O)N[C@@H]2C[C@H](N(C)C(C)C)CC[C@@H]2N2CC[C@H](Nc3ncnc4ccc(C(F)(F)F)cc34)C2=O)cc1. The molecule has 54 heavy (non-hydrogen) atoms. The number of carbonyl (C=O) groups is 2. The Morgan fingerprint density at radius 1 is 1.00 bits per heavy atom. The van der Waals surface area contributed by atoms with Gasteiger partial charge in [-0.25, -0.2) is 9.97 Å². The molecule has 0 unspecified atom stereocenters. The van der Waals surface area contributed by atoms with E-state index < -0.39 is 27.9 Å². The molecule has 2 aliphatic rings. The molecule has 2 aromatic carbocycles. The zero-order valence-corrected chi connectivity index (χ0v) is 32.4. The van der Waals surface area contributed by atoms with E-state index in [1.54, 1.807) is 24.3 Å². The minimum Gasteiger partial charge on any atom is -0.358 e. The molecule has 1 aromatic heterocycles. The van der Waals surface area contributed by atoms with Crippen LogP contribution in [-0.4, -0.2) is 90.4 Å². The minimum atomic E-state index is -4.53. The Hall–Kier alpha value is -3.82. The number of benzene rings is 2. The van der Waals surface area contributed by atoms with E-state index in [0.29, 0.717) is 56.6 Å². The second kappa shape index (κ2) is 18.2. The first-order valence-corrected chi connectivity index (χ1v) is 20.4. The first kappa shape index (κ1) is 41.3. The third-order valence-corrected chi connectivity index (χ3v) is 12.1. The van der Waals surface area contributed by atoms with Crippen molar-refractivity contribution in [1.82, 2.24) is 25.1 Å². The van der Waals surface area contributed by atoms with E-state index >= 15 is 0 Å². The molecule has 4 atom stereocenters. The molecule has 1 saturated carbocycles. The summed E-state index contributed by atoms with van der Waals surface area (Å²) >= 11 is 0. The lowest BCUT2D eigenvalue weighted by Gasteiger charge is -2.44. The number of likely N-dealkylation sites (tertiary alicyclic amines) is 1. The van der Waals surface area contributed by atoms with Gasteiger partial charge in [0.2, 0.25) is 11.8 Å². The summed E-state index contributed by atoms with van der Waals surface area (Å²) in [7, 11) is -1.68. The van der Waals surface area contributed by atoms with Gasteiger partial charge >= 0.3 is 6.18 Å². The highest BCUT2D eigenvalue weighted by atomic mass is 32.2. The van der Waals surface area contributed by atoms with Gasteiger partial charge in [0.05, 0.1) is 34.7 Å². The molecule has 0 bridgehead atoms. The van der Waals surface area contributed by atoms with Crippen molar-refractivity contribution >= 4 is 38.7 Å². The van der Waals surface area contributed by atoms with Gasteiger partial charge in [-0.15, -0.1) is 0 Å². The number of hydrogen-bond donors (Lipinski definition) is 2. The molecule has 1 aliphatic carbocycles. The first-order valence-electron chi connectivity index (χ1n) is 19.0. The smallest absolute Gasteiger partial charge is 0.358 e. The summed E-state index contributed by atoms with van der Waals surface area (Å²) in [5.74, 6) is -0.0357. The van der Waals surface area contributed by atoms with Crippen molar-refractivity contribution < 1.29 is 35.4 Å². The van der Waals surface area contributed by atoms with E-state index in [-0.39, 0.29) is 52.6 Å². The molecule has 0 radical (unpaired) electrons. The van der Waals surface area contributed by atoms with Gasteiger partial charge in [-0.05, 0) is 96.7 Å². The molecule has 1 saturated heterocycles. The Kier molecular flexibility index (Phi) is 13.9. The lowest BCUT2D eigenvalue weighted by molar-refractivity contribution is -0.137. The van der Waals surface area contributed by atoms with E-state index in [9.17, 15) is 31.2 Å². The zero-order valence-electron chi connectivity index (χ0n) is 31.6. The summed E-state index contributed by atoms with van der Waals surface area (Å²) in [6.07, 6.45) is 4.69. The van der Waals surface area contributed by atoms with E-state index in [2.05, 4.69) is 46.4 Å². The van der Waals surface area contributed by atoms with Crippen molar-refractivity contribution in [2.45, 2.75) is 133 Å². The molecule has 2 heterocycles. The number of rotatable bonds is 17. The molecule has 2 N–H and O–H groups in total. The molecule has 3 aromatic rings. The summed E-state index contributed by atoms with van der Waals surface area (Å²) in [6, 6.07) is 9.29. The van der Waals surface area contributed by atoms with E-state index in [0.717, 1.165) is 49.8 Å². The molecular weight excluding hydrogens is 722 g/mol. The zero-order chi connectivity index (χ0) is 39.0. The number of fused-ring (bicyclic) bond motifs is 1. The fourth-order valence-corrected chi connectivity index (χ4v) is 8.39. The van der Waals surface area contributed by atoms with Crippen LogP contribution in [-0.2, 0) is 30.1 Å². The molecule has 2 fully saturated rings. The Labute approximate surface area is 316 Å². The quantitative estimate of drug-likeness (QED) is 0.112. The number of anilines is 1. The maximum atomic E-state index is 13.9. The van der Waals surface area contributed by atoms with Crippen molar-refractivity contribution in [3.63, 3.8) is 0 Å². The normalized spacial score (nSPS) is 21.0. The summed E-state index contributed by atoms with van der Waals surface area (Å²) < 4.78 is 70.3. The number of alkyl halides is 3. The molecular formula is C39H53F3N6O5S. The van der Waals surface area contributed by atoms with Crippen LogP contribution < -0.4 is 10.6 Å². The summed E-state index contributed by atoms with van der Waals surface area (Å²) in [4.78, 5) is 39.7. The Morgan fingerprint density at radius 3 is 2.41 bits per heavy atom. The molecule has 296 valence electrons. The Balaban J connectivity index is 1.11. The van der Waals surface area contributed by atoms with Crippen LogP contribution in [0, 0.1) is 6.92 Å². The van der Waals surface area contributed by atoms with Gasteiger partial charge in [0, 0.05) is 30.4 Å². The molecule has 0 spiro atoms. The standard InChI is InChI=1S/C39H53F3N6O5S/c1-26(2)47(4)29-15-19-35(48-21-20-33(38(48)50)46-37-31-23-28(39(40,41)42)14-18-32(31)43-25-44-37)34(24-29)45-36(49)11-9-7-5-6-8-10-22-53-54(51,52)30-16-12-27(3)13-17-30/h12-14,16-18,23,25-26,29,33-35H,5-11,15,19-22,24H2,1-4H3,(H,45,49)(H,43,44,46)/t29-,33+,34-,35+/m1/s1. The van der Waals surface area contributed by atoms with Crippen molar-refractivity contribution in [1.29, 1.82) is 0 Å². The monoisotopic (exact) mass is 774 g/mol. The number of aryl methyl sites for hydroxylation is 1. The molecule has 15 heteroatoms. The van der Waals surface area contributed by atoms with Gasteiger partial charge in [-0.3, -0.25) is 13.8 Å². The number of hydrogen-bond acceptors (Lipinski definition) is 9. The van der Waals surface area contributed by atoms with Crippen LogP contribution in [0.15, 0.2) is 53.7 Å². The second-order valence-electron chi connectivity index (χ2n) is 14.9. The number of nitrogens with one attached hydrogen (secondary N) is 2. The third-order valence-electron chi connectivity index (χ3n) is 10.8. The second-order valence-corrected chi connectivity index (χ2v) is 16.5. The fourth-order valence-electron chi connectivity index (χ4n) is 7.45. The topological polar surface area (TPSA) is 134 Å². The number of nitrogens with zero attached hydrogens (tertiary/aromatic N) is 4. The predicted molar refractivity (Wildman–Crippen MR) is 201 cm³/mol. The maximum Gasteiger partial charge on any atom is 0.416 e. The highest BCUT2D eigenvalue weighted by Gasteiger charge is 2.43. The van der Waals surface area contributed by atoms with Crippen LogP contribution >= 0.6 is 0 Å². The Bertz CT molecular complexity index is 1840. The van der Waals surface area contributed by atoms with E-state index in [4.69, 9.17) is 4.18 Å². The van der Waals surface area contributed by atoms with Crippen LogP contribution in [0.2, 0.25) is 0 Å². The van der Waals surface area contributed by atoms with Crippen molar-refractivity contribution in [2.24, 2.45) is 0 Å². The van der Waals surface area contributed by atoms with Gasteiger partial charge < -0.3 is 20.4 Å². The van der Waals surface area contributed by atoms with Gasteiger partial charge in [-0.2, -0.15) is 21.6 Å². The largest absolute Gasteiger partial charge is 0.416 e. The maximum absolute atomic E-state index is 13.9. The van der Waals surface area contributed by atoms with Crippen LogP contribution in [0.4, 0.5) is 19.0 Å². The number of halogens is 3. The Morgan fingerprint density at radius 2 is 1.70 bits per heavy atom. The van der Waals surface area contributed by atoms with Crippen LogP contribution in [0.1, 0.15) is 95.6 Å². The van der Waals surface area contributed by atoms with Gasteiger partial charge in [0.15, 0.2) is 0 Å². The van der Waals surface area contributed by atoms with Crippen LogP contribution in [0.5, 0.6) is 0 Å². The molecule has 5 rings (SSSR count). The lowest BCUT2D eigenvalue weighted by atomic mass is 9.84. The van der Waals surface area contributed by atoms with Crippen molar-refractivity contribution in [3.05, 3.63) is 59.9 Å². The van der Waals surface area contributed by atoms with Gasteiger partial charge in [0.25, 0.3) is 10.1 Å². The van der Waals surface area contributed by atoms with E-state index in [1.165, 1.54) is 12.4 Å². The predicted octanol–water partition coefficient (Wildman–Crippen LogP) is 6.85. The highest BCUT2D eigenvalue weighted by molar-refractivity contribution is 7.86. The van der Waals surface area contributed by atoms with Crippen molar-refractivity contribution in [2.75, 3.05) is 25.5 Å². The molecule has 11 nitrogen and oxygen atoms in total. The third kappa shape index (κ3) is 10.7. The number of aromatic nitrogens is 2. The van der Waals surface area contributed by atoms with Crippen molar-refractivity contribution in [3.8, 4) is 0 Å². The van der Waals surface area contributed by atoms with Gasteiger partial charge in [0.1, 0.15) is 18.2 Å². The lowest BCUT2D eigenvalue weighted by Crippen LogP contribution is -2.58. The average Bonchev–Trinajstić information content (AvgIpc) is 3.49. The average molecular weight is 775 g/mol. The van der Waals surface area contributed by atoms with E-state index in [1.807, 2.05) is 11.8 Å². The number of amides is 2. The summed E-state index contributed by atoms with van der Waals surface area (Å²) in [5, 5.41) is 6.57. The first-order chi connectivity index (χ1) is 25.6. The van der Waals surface area contributed by atoms with Crippen LogP contribution in [0.3, 0.4) is 0 Å². The van der Waals surface area contributed by atoms with Gasteiger partial charge in [-0.1, -0.05) is 43.4 Å². The fraction of sp³-hybridized carbons (Fsp3) is 0.590. The molecule has 1 aliphatic heterocycles.